The van der Waals surface area contributed by atoms with Gasteiger partial charge >= 0.3 is 6.18 Å². The number of rotatable bonds is 2. The van der Waals surface area contributed by atoms with E-state index in [1.165, 1.54) is 6.20 Å². The van der Waals surface area contributed by atoms with Crippen molar-refractivity contribution in [3.05, 3.63) is 53.5 Å². The first kappa shape index (κ1) is 14.0. The third-order valence-corrected chi connectivity index (χ3v) is 2.47. The van der Waals surface area contributed by atoms with Crippen molar-refractivity contribution in [2.24, 2.45) is 0 Å². The Balaban J connectivity index is 2.14. The molecule has 2 rings (SSSR count). The van der Waals surface area contributed by atoms with Crippen LogP contribution in [0.15, 0.2) is 36.7 Å². The van der Waals surface area contributed by atoms with Crippen LogP contribution in [0.25, 0.3) is 0 Å². The maximum Gasteiger partial charge on any atom is 0.433 e. The van der Waals surface area contributed by atoms with Crippen LogP contribution in [0.1, 0.15) is 21.6 Å². The number of nitrogens with zero attached hydrogens (tertiary/aromatic N) is 2. The van der Waals surface area contributed by atoms with Gasteiger partial charge in [-0.25, -0.2) is 4.98 Å². The summed E-state index contributed by atoms with van der Waals surface area (Å²) in [6, 6.07) is 5.24. The van der Waals surface area contributed by atoms with E-state index in [9.17, 15) is 18.0 Å². The lowest BCUT2D eigenvalue weighted by Gasteiger charge is -2.07. The van der Waals surface area contributed by atoms with E-state index < -0.39 is 17.8 Å². The molecule has 7 heteroatoms. The smallest absolute Gasteiger partial charge is 0.307 e. The standard InChI is InChI=1S/C13H10F3N3O/c1-8-4-5-17-11(6-8)19-12(20)9-2-3-10(18-7-9)13(14,15)16/h2-7H,1H3,(H,17,19,20). The van der Waals surface area contributed by atoms with Crippen LogP contribution < -0.4 is 5.32 Å². The first-order valence-corrected chi connectivity index (χ1v) is 5.63. The van der Waals surface area contributed by atoms with Gasteiger partial charge in [-0.05, 0) is 36.8 Å². The van der Waals surface area contributed by atoms with E-state index in [0.717, 1.165) is 23.9 Å². The molecule has 0 aliphatic rings. The zero-order chi connectivity index (χ0) is 14.8. The zero-order valence-corrected chi connectivity index (χ0v) is 10.4. The van der Waals surface area contributed by atoms with Gasteiger partial charge in [0.1, 0.15) is 11.5 Å². The fourth-order valence-electron chi connectivity index (χ4n) is 1.49. The molecule has 0 aliphatic heterocycles. The summed E-state index contributed by atoms with van der Waals surface area (Å²) in [6.07, 6.45) is -2.11. The normalized spacial score (nSPS) is 11.2. The Hall–Kier alpha value is -2.44. The fraction of sp³-hybridized carbons (Fsp3) is 0.154. The minimum atomic E-state index is -4.52. The van der Waals surface area contributed by atoms with Gasteiger partial charge in [0.25, 0.3) is 5.91 Å². The van der Waals surface area contributed by atoms with Crippen molar-refractivity contribution in [2.75, 3.05) is 5.32 Å². The highest BCUT2D eigenvalue weighted by atomic mass is 19.4. The van der Waals surface area contributed by atoms with Crippen molar-refractivity contribution in [3.63, 3.8) is 0 Å². The first-order chi connectivity index (χ1) is 9.36. The molecule has 0 bridgehead atoms. The Kier molecular flexibility index (Phi) is 3.69. The highest BCUT2D eigenvalue weighted by Gasteiger charge is 2.32. The lowest BCUT2D eigenvalue weighted by Crippen LogP contribution is -2.15. The summed E-state index contributed by atoms with van der Waals surface area (Å²) in [6.45, 7) is 1.83. The molecule has 1 amide bonds. The number of carbonyl (C=O) groups is 1. The largest absolute Gasteiger partial charge is 0.433 e. The number of alkyl halides is 3. The van der Waals surface area contributed by atoms with Crippen molar-refractivity contribution in [1.82, 2.24) is 9.97 Å². The van der Waals surface area contributed by atoms with Crippen molar-refractivity contribution in [3.8, 4) is 0 Å². The first-order valence-electron chi connectivity index (χ1n) is 5.63. The van der Waals surface area contributed by atoms with Gasteiger partial charge in [-0.3, -0.25) is 9.78 Å². The van der Waals surface area contributed by atoms with Crippen molar-refractivity contribution < 1.29 is 18.0 Å². The number of nitrogens with one attached hydrogen (secondary N) is 1. The Morgan fingerprint density at radius 2 is 1.95 bits per heavy atom. The van der Waals surface area contributed by atoms with Crippen molar-refractivity contribution in [1.29, 1.82) is 0 Å². The fourth-order valence-corrected chi connectivity index (χ4v) is 1.49. The minimum Gasteiger partial charge on any atom is -0.307 e. The molecule has 104 valence electrons. The second kappa shape index (κ2) is 5.28. The highest BCUT2D eigenvalue weighted by Crippen LogP contribution is 2.27. The molecule has 0 unspecified atom stereocenters. The van der Waals surface area contributed by atoms with Gasteiger partial charge in [-0.15, -0.1) is 0 Å². The highest BCUT2D eigenvalue weighted by molar-refractivity contribution is 6.03. The van der Waals surface area contributed by atoms with Gasteiger partial charge in [0.15, 0.2) is 0 Å². The van der Waals surface area contributed by atoms with Crippen LogP contribution in [0.4, 0.5) is 19.0 Å². The molecule has 0 aliphatic carbocycles. The number of anilines is 1. The van der Waals surface area contributed by atoms with E-state index in [-0.39, 0.29) is 5.56 Å². The van der Waals surface area contributed by atoms with Gasteiger partial charge in [-0.1, -0.05) is 0 Å². The summed E-state index contributed by atoms with van der Waals surface area (Å²) >= 11 is 0. The molecule has 0 spiro atoms. The summed E-state index contributed by atoms with van der Waals surface area (Å²) < 4.78 is 37.0. The van der Waals surface area contributed by atoms with E-state index in [2.05, 4.69) is 15.3 Å². The minimum absolute atomic E-state index is 0.0290. The van der Waals surface area contributed by atoms with Crippen LogP contribution in [-0.2, 0) is 6.18 Å². The topological polar surface area (TPSA) is 54.9 Å². The van der Waals surface area contributed by atoms with Crippen LogP contribution in [-0.4, -0.2) is 15.9 Å². The van der Waals surface area contributed by atoms with Gasteiger partial charge in [0.2, 0.25) is 0 Å². The summed E-state index contributed by atoms with van der Waals surface area (Å²) in [7, 11) is 0. The molecule has 0 radical (unpaired) electrons. The summed E-state index contributed by atoms with van der Waals surface area (Å²) in [5.41, 5.74) is -0.107. The molecule has 0 aromatic carbocycles. The molecule has 0 fully saturated rings. The zero-order valence-electron chi connectivity index (χ0n) is 10.4. The SMILES string of the molecule is Cc1ccnc(NC(=O)c2ccc(C(F)(F)F)nc2)c1. The van der Waals surface area contributed by atoms with E-state index in [1.54, 1.807) is 12.1 Å². The average molecular weight is 281 g/mol. The number of aromatic nitrogens is 2. The summed E-state index contributed by atoms with van der Waals surface area (Å²) in [4.78, 5) is 19.0. The number of hydrogen-bond acceptors (Lipinski definition) is 3. The predicted octanol–water partition coefficient (Wildman–Crippen LogP) is 3.06. The molecule has 2 aromatic heterocycles. The molecule has 4 nitrogen and oxygen atoms in total. The lowest BCUT2D eigenvalue weighted by atomic mass is 10.2. The maximum atomic E-state index is 12.3. The number of amides is 1. The molecular weight excluding hydrogens is 271 g/mol. The number of hydrogen-bond donors (Lipinski definition) is 1. The van der Waals surface area contributed by atoms with Crippen LogP contribution in [0.2, 0.25) is 0 Å². The number of carbonyl (C=O) groups excluding carboxylic acids is 1. The molecule has 0 saturated carbocycles. The lowest BCUT2D eigenvalue weighted by molar-refractivity contribution is -0.141. The van der Waals surface area contributed by atoms with Gasteiger partial charge in [0, 0.05) is 12.4 Å². The van der Waals surface area contributed by atoms with Crippen molar-refractivity contribution in [2.45, 2.75) is 13.1 Å². The van der Waals surface area contributed by atoms with Crippen LogP contribution in [0.3, 0.4) is 0 Å². The van der Waals surface area contributed by atoms with E-state index in [1.807, 2.05) is 6.92 Å². The summed E-state index contributed by atoms with van der Waals surface area (Å²) in [5, 5.41) is 2.49. The predicted molar refractivity (Wildman–Crippen MR) is 66.2 cm³/mol. The number of halogens is 3. The molecular formula is C13H10F3N3O. The number of pyridine rings is 2. The second-order valence-electron chi connectivity index (χ2n) is 4.10. The maximum absolute atomic E-state index is 12.3. The second-order valence-corrected chi connectivity index (χ2v) is 4.10. The van der Waals surface area contributed by atoms with E-state index in [0.29, 0.717) is 5.82 Å². The monoisotopic (exact) mass is 281 g/mol. The van der Waals surface area contributed by atoms with Gasteiger partial charge in [-0.2, -0.15) is 13.2 Å². The van der Waals surface area contributed by atoms with Crippen LogP contribution in [0, 0.1) is 6.92 Å². The molecule has 20 heavy (non-hydrogen) atoms. The van der Waals surface area contributed by atoms with Crippen LogP contribution >= 0.6 is 0 Å². The Morgan fingerprint density at radius 3 is 2.50 bits per heavy atom. The quantitative estimate of drug-likeness (QED) is 0.920. The molecule has 2 heterocycles. The molecule has 0 atom stereocenters. The molecule has 1 N–H and O–H groups in total. The van der Waals surface area contributed by atoms with Gasteiger partial charge < -0.3 is 5.32 Å². The van der Waals surface area contributed by atoms with Crippen molar-refractivity contribution >= 4 is 11.7 Å². The third kappa shape index (κ3) is 3.31. The molecule has 2 aromatic rings. The van der Waals surface area contributed by atoms with Gasteiger partial charge in [0.05, 0.1) is 5.56 Å². The molecule has 0 saturated heterocycles. The summed E-state index contributed by atoms with van der Waals surface area (Å²) in [5.74, 6) is -0.237. The van der Waals surface area contributed by atoms with E-state index >= 15 is 0 Å². The third-order valence-electron chi connectivity index (χ3n) is 2.47. The Labute approximate surface area is 112 Å². The Bertz CT molecular complexity index is 624. The average Bonchev–Trinajstić information content (AvgIpc) is 2.38. The van der Waals surface area contributed by atoms with E-state index in [4.69, 9.17) is 0 Å². The van der Waals surface area contributed by atoms with Crippen LogP contribution in [0.5, 0.6) is 0 Å². The number of aryl methyl sites for hydroxylation is 1. The Morgan fingerprint density at radius 1 is 1.20 bits per heavy atom.